The van der Waals surface area contributed by atoms with Gasteiger partial charge in [-0.2, -0.15) is 0 Å². The van der Waals surface area contributed by atoms with Crippen LogP contribution in [-0.2, 0) is 0 Å². The quantitative estimate of drug-likeness (QED) is 0.390. The fraction of sp³-hybridized carbons (Fsp3) is 0.294. The van der Waals surface area contributed by atoms with E-state index in [-0.39, 0.29) is 40.7 Å². The Bertz CT molecular complexity index is 802. The molecular weight excluding hydrogens is 364 g/mol. The highest BCUT2D eigenvalue weighted by molar-refractivity contribution is 7.99. The Morgan fingerprint density at radius 1 is 0.923 bits per heavy atom. The predicted octanol–water partition coefficient (Wildman–Crippen LogP) is 1.48. The third-order valence-electron chi connectivity index (χ3n) is 4.07. The molecular formula is C17H18O8S. The standard InChI is InChI=1S/C17H18O8S/c18-1-2-26-17-13-9(20)5-8(19)6-12(13)25-16(15(17)24)7-3-10(21)14(23)11(22)4-7/h3-6,15-24H,1-2H2/t15-,16+,17-/m0/s1. The van der Waals surface area contributed by atoms with E-state index in [1.54, 1.807) is 0 Å². The molecule has 0 aliphatic carbocycles. The van der Waals surface area contributed by atoms with Crippen LogP contribution in [0.2, 0.25) is 0 Å². The SMILES string of the molecule is OCCS[C@H]1c2c(O)cc(O)cc2O[C@H](c2cc(O)c(O)c(O)c2)[C@@H]1O. The lowest BCUT2D eigenvalue weighted by Gasteiger charge is -2.37. The molecule has 2 aromatic rings. The fourth-order valence-corrected chi connectivity index (χ4v) is 4.04. The van der Waals surface area contributed by atoms with E-state index in [4.69, 9.17) is 9.84 Å². The maximum atomic E-state index is 10.8. The number of phenolic OH excluding ortho intramolecular Hbond substituents is 5. The van der Waals surface area contributed by atoms with Crippen molar-refractivity contribution in [2.45, 2.75) is 17.5 Å². The van der Waals surface area contributed by atoms with Gasteiger partial charge in [0.25, 0.3) is 0 Å². The van der Waals surface area contributed by atoms with E-state index in [0.717, 1.165) is 18.2 Å². The second kappa shape index (κ2) is 7.02. The first-order valence-corrected chi connectivity index (χ1v) is 8.76. The monoisotopic (exact) mass is 382 g/mol. The smallest absolute Gasteiger partial charge is 0.200 e. The van der Waals surface area contributed by atoms with E-state index >= 15 is 0 Å². The summed E-state index contributed by atoms with van der Waals surface area (Å²) < 4.78 is 5.70. The molecule has 0 saturated heterocycles. The number of thioether (sulfide) groups is 1. The van der Waals surface area contributed by atoms with Crippen molar-refractivity contribution in [2.24, 2.45) is 0 Å². The van der Waals surface area contributed by atoms with Gasteiger partial charge in [-0.1, -0.05) is 0 Å². The molecule has 0 amide bonds. The van der Waals surface area contributed by atoms with Crippen molar-refractivity contribution in [1.29, 1.82) is 0 Å². The maximum absolute atomic E-state index is 10.8. The zero-order valence-corrected chi connectivity index (χ0v) is 14.2. The van der Waals surface area contributed by atoms with Gasteiger partial charge in [0.1, 0.15) is 23.4 Å². The molecule has 7 N–H and O–H groups in total. The van der Waals surface area contributed by atoms with Crippen LogP contribution >= 0.6 is 11.8 Å². The molecule has 2 aromatic carbocycles. The third kappa shape index (κ3) is 3.16. The van der Waals surface area contributed by atoms with Crippen LogP contribution in [0, 0.1) is 0 Å². The number of aliphatic hydroxyl groups is 2. The topological polar surface area (TPSA) is 151 Å². The average molecular weight is 382 g/mol. The van der Waals surface area contributed by atoms with Crippen molar-refractivity contribution in [3.05, 3.63) is 35.4 Å². The summed E-state index contributed by atoms with van der Waals surface area (Å²) in [7, 11) is 0. The molecule has 0 bridgehead atoms. The molecule has 140 valence electrons. The average Bonchev–Trinajstić information content (AvgIpc) is 2.58. The van der Waals surface area contributed by atoms with Gasteiger partial charge in [-0.15, -0.1) is 11.8 Å². The molecule has 9 heteroatoms. The van der Waals surface area contributed by atoms with Crippen molar-refractivity contribution in [3.8, 4) is 34.5 Å². The van der Waals surface area contributed by atoms with Gasteiger partial charge in [0.2, 0.25) is 0 Å². The first-order chi connectivity index (χ1) is 12.3. The molecule has 1 aliphatic heterocycles. The van der Waals surface area contributed by atoms with Gasteiger partial charge < -0.3 is 40.5 Å². The van der Waals surface area contributed by atoms with Crippen LogP contribution in [0.25, 0.3) is 0 Å². The van der Waals surface area contributed by atoms with Crippen molar-refractivity contribution >= 4 is 11.8 Å². The maximum Gasteiger partial charge on any atom is 0.200 e. The lowest BCUT2D eigenvalue weighted by atomic mass is 9.93. The van der Waals surface area contributed by atoms with Gasteiger partial charge >= 0.3 is 0 Å². The summed E-state index contributed by atoms with van der Waals surface area (Å²) in [6.07, 6.45) is -2.27. The summed E-state index contributed by atoms with van der Waals surface area (Å²) in [4.78, 5) is 0. The van der Waals surface area contributed by atoms with Crippen molar-refractivity contribution in [1.82, 2.24) is 0 Å². The van der Waals surface area contributed by atoms with Crippen LogP contribution < -0.4 is 4.74 Å². The van der Waals surface area contributed by atoms with Gasteiger partial charge in [-0.25, -0.2) is 0 Å². The summed E-state index contributed by atoms with van der Waals surface area (Å²) in [5.41, 5.74) is 0.464. The molecule has 26 heavy (non-hydrogen) atoms. The lowest BCUT2D eigenvalue weighted by molar-refractivity contribution is 0.0173. The fourth-order valence-electron chi connectivity index (χ4n) is 2.93. The van der Waals surface area contributed by atoms with Gasteiger partial charge in [-0.05, 0) is 12.1 Å². The van der Waals surface area contributed by atoms with Crippen molar-refractivity contribution < 1.29 is 40.5 Å². The number of fused-ring (bicyclic) bond motifs is 1. The number of ether oxygens (including phenoxy) is 1. The lowest BCUT2D eigenvalue weighted by Crippen LogP contribution is -2.33. The van der Waals surface area contributed by atoms with Crippen LogP contribution in [-0.4, -0.2) is 54.2 Å². The number of hydrogen-bond acceptors (Lipinski definition) is 9. The van der Waals surface area contributed by atoms with Gasteiger partial charge in [0.15, 0.2) is 23.4 Å². The summed E-state index contributed by atoms with van der Waals surface area (Å²) in [6, 6.07) is 4.69. The number of benzene rings is 2. The molecule has 1 aliphatic rings. The molecule has 0 aromatic heterocycles. The van der Waals surface area contributed by atoms with E-state index in [9.17, 15) is 30.6 Å². The van der Waals surface area contributed by atoms with Crippen LogP contribution in [0.5, 0.6) is 34.5 Å². The van der Waals surface area contributed by atoms with Crippen LogP contribution in [0.3, 0.4) is 0 Å². The third-order valence-corrected chi connectivity index (χ3v) is 5.37. The Morgan fingerprint density at radius 2 is 1.58 bits per heavy atom. The van der Waals surface area contributed by atoms with E-state index in [2.05, 4.69) is 0 Å². The predicted molar refractivity (Wildman–Crippen MR) is 92.9 cm³/mol. The second-order valence-corrected chi connectivity index (χ2v) is 7.08. The summed E-state index contributed by atoms with van der Waals surface area (Å²) in [6.45, 7) is -0.144. The molecule has 3 atom stereocenters. The van der Waals surface area contributed by atoms with E-state index in [1.807, 2.05) is 0 Å². The molecule has 3 rings (SSSR count). The number of rotatable bonds is 4. The zero-order chi connectivity index (χ0) is 19.0. The van der Waals surface area contributed by atoms with Crippen molar-refractivity contribution in [2.75, 3.05) is 12.4 Å². The highest BCUT2D eigenvalue weighted by atomic mass is 32.2. The molecule has 0 fully saturated rings. The van der Waals surface area contributed by atoms with Crippen LogP contribution in [0.15, 0.2) is 24.3 Å². The minimum Gasteiger partial charge on any atom is -0.508 e. The summed E-state index contributed by atoms with van der Waals surface area (Å²) >= 11 is 1.18. The number of aliphatic hydroxyl groups excluding tert-OH is 2. The molecule has 0 unspecified atom stereocenters. The molecule has 0 saturated carbocycles. The van der Waals surface area contributed by atoms with Crippen LogP contribution in [0.1, 0.15) is 22.5 Å². The van der Waals surface area contributed by atoms with Crippen molar-refractivity contribution in [3.63, 3.8) is 0 Å². The van der Waals surface area contributed by atoms with E-state index < -0.39 is 34.7 Å². The molecule has 0 spiro atoms. The molecule has 1 heterocycles. The Kier molecular flexibility index (Phi) is 4.94. The minimum absolute atomic E-state index is 0.125. The van der Waals surface area contributed by atoms with E-state index in [1.165, 1.54) is 17.8 Å². The minimum atomic E-state index is -1.21. The molecule has 0 radical (unpaired) electrons. The Balaban J connectivity index is 2.08. The molecule has 8 nitrogen and oxygen atoms in total. The Hall–Kier alpha value is -2.49. The highest BCUT2D eigenvalue weighted by Crippen LogP contribution is 2.53. The summed E-state index contributed by atoms with van der Waals surface area (Å²) in [5, 5.41) is 68.0. The first-order valence-electron chi connectivity index (χ1n) is 7.71. The van der Waals surface area contributed by atoms with Gasteiger partial charge in [0, 0.05) is 23.4 Å². The Labute approximate surface area is 152 Å². The second-order valence-electron chi connectivity index (χ2n) is 5.83. The Morgan fingerprint density at radius 3 is 2.19 bits per heavy atom. The highest BCUT2D eigenvalue weighted by Gasteiger charge is 2.41. The van der Waals surface area contributed by atoms with Crippen LogP contribution in [0.4, 0.5) is 0 Å². The number of phenols is 5. The zero-order valence-electron chi connectivity index (χ0n) is 13.4. The largest absolute Gasteiger partial charge is 0.508 e. The first kappa shape index (κ1) is 18.3. The van der Waals surface area contributed by atoms with Gasteiger partial charge in [-0.3, -0.25) is 0 Å². The normalized spacial score (nSPS) is 21.8. The number of aromatic hydroxyl groups is 5. The summed E-state index contributed by atoms with van der Waals surface area (Å²) in [5.74, 6) is -1.95. The number of hydrogen-bond donors (Lipinski definition) is 7. The van der Waals surface area contributed by atoms with Gasteiger partial charge in [0.05, 0.1) is 17.4 Å². The van der Waals surface area contributed by atoms with E-state index in [0.29, 0.717) is 0 Å².